The normalized spacial score (nSPS) is 13.6. The van der Waals surface area contributed by atoms with Gasteiger partial charge in [0.15, 0.2) is 0 Å². The van der Waals surface area contributed by atoms with Crippen molar-refractivity contribution in [2.75, 3.05) is 0 Å². The maximum Gasteiger partial charge on any atom is 0.150 e. The molecule has 0 atom stereocenters. The zero-order chi connectivity index (χ0) is 7.28. The van der Waals surface area contributed by atoms with Gasteiger partial charge in [-0.05, 0) is 19.4 Å². The number of aliphatic hydroxyl groups is 1. The second kappa shape index (κ2) is 3.89. The fraction of sp³-hybridized carbons (Fsp3) is 0.286. The van der Waals surface area contributed by atoms with Crippen molar-refractivity contribution >= 4 is 6.29 Å². The van der Waals surface area contributed by atoms with Crippen molar-refractivity contribution in [1.29, 1.82) is 0 Å². The Kier molecular flexibility index (Phi) is 3.44. The van der Waals surface area contributed by atoms with Crippen LogP contribution in [0, 0.1) is 0 Å². The zero-order valence-electron chi connectivity index (χ0n) is 5.59. The van der Waals surface area contributed by atoms with E-state index in [9.17, 15) is 4.79 Å². The van der Waals surface area contributed by atoms with E-state index in [0.29, 0.717) is 17.4 Å². The van der Waals surface area contributed by atoms with Crippen LogP contribution in [0.5, 0.6) is 0 Å². The third kappa shape index (κ3) is 2.13. The maximum atomic E-state index is 10.1. The molecule has 0 heterocycles. The summed E-state index contributed by atoms with van der Waals surface area (Å²) in [5.41, 5.74) is 1.12. The molecule has 0 saturated heterocycles. The molecule has 9 heavy (non-hydrogen) atoms. The molecule has 1 N–H and O–H groups in total. The van der Waals surface area contributed by atoms with E-state index in [-0.39, 0.29) is 0 Å². The largest absolute Gasteiger partial charge is 0.515 e. The summed E-state index contributed by atoms with van der Waals surface area (Å²) in [6, 6.07) is 0. The summed E-state index contributed by atoms with van der Waals surface area (Å²) in [6.07, 6.45) is 3.28. The first-order valence-electron chi connectivity index (χ1n) is 2.69. The van der Waals surface area contributed by atoms with Gasteiger partial charge < -0.3 is 5.11 Å². The van der Waals surface area contributed by atoms with Crippen LogP contribution in [0.3, 0.4) is 0 Å². The van der Waals surface area contributed by atoms with Crippen LogP contribution in [0.15, 0.2) is 23.5 Å². The summed E-state index contributed by atoms with van der Waals surface area (Å²) in [7, 11) is 0. The van der Waals surface area contributed by atoms with E-state index in [1.54, 1.807) is 19.9 Å². The number of aliphatic hydroxyl groups excluding tert-OH is 1. The maximum absolute atomic E-state index is 10.1. The molecule has 0 fully saturated rings. The number of carbonyl (C=O) groups is 1. The molecular formula is C7H10O2. The lowest BCUT2D eigenvalue weighted by Gasteiger charge is -1.92. The van der Waals surface area contributed by atoms with Crippen LogP contribution in [0.2, 0.25) is 0 Å². The van der Waals surface area contributed by atoms with Crippen molar-refractivity contribution in [3.63, 3.8) is 0 Å². The first-order valence-corrected chi connectivity index (χ1v) is 2.69. The molecule has 0 aromatic heterocycles. The van der Waals surface area contributed by atoms with Crippen molar-refractivity contribution in [2.24, 2.45) is 0 Å². The van der Waals surface area contributed by atoms with Crippen LogP contribution in [0.25, 0.3) is 0 Å². The minimum absolute atomic E-state index is 0.525. The highest BCUT2D eigenvalue weighted by Crippen LogP contribution is 2.03. The number of allylic oxidation sites excluding steroid dienone is 3. The number of hydrogen-bond acceptors (Lipinski definition) is 2. The van der Waals surface area contributed by atoms with Crippen LogP contribution < -0.4 is 0 Å². The predicted molar refractivity (Wildman–Crippen MR) is 36.2 cm³/mol. The first-order chi connectivity index (χ1) is 4.26. The van der Waals surface area contributed by atoms with E-state index in [4.69, 9.17) is 5.11 Å². The van der Waals surface area contributed by atoms with Gasteiger partial charge in [-0.3, -0.25) is 4.79 Å². The van der Waals surface area contributed by atoms with Gasteiger partial charge in [0.25, 0.3) is 0 Å². The first kappa shape index (κ1) is 7.95. The Balaban J connectivity index is 4.32. The second-order valence-corrected chi connectivity index (χ2v) is 1.67. The van der Waals surface area contributed by atoms with Crippen LogP contribution in [-0.2, 0) is 4.79 Å². The van der Waals surface area contributed by atoms with Gasteiger partial charge in [0, 0.05) is 5.57 Å². The zero-order valence-corrected chi connectivity index (χ0v) is 5.59. The summed E-state index contributed by atoms with van der Waals surface area (Å²) in [6.45, 7) is 3.42. The Morgan fingerprint density at radius 1 is 1.56 bits per heavy atom. The van der Waals surface area contributed by atoms with E-state index in [1.807, 2.05) is 0 Å². The van der Waals surface area contributed by atoms with Crippen LogP contribution >= 0.6 is 0 Å². The molecule has 50 valence electrons. The van der Waals surface area contributed by atoms with E-state index in [1.165, 1.54) is 0 Å². The SMILES string of the molecule is C/C=C(C=O)/C(C)=C/O. The molecule has 0 aliphatic carbocycles. The van der Waals surface area contributed by atoms with Crippen molar-refractivity contribution in [3.8, 4) is 0 Å². The summed E-state index contributed by atoms with van der Waals surface area (Å²) in [4.78, 5) is 10.1. The van der Waals surface area contributed by atoms with Gasteiger partial charge in [-0.1, -0.05) is 6.08 Å². The highest BCUT2D eigenvalue weighted by Gasteiger charge is 1.93. The molecule has 0 aliphatic heterocycles. The second-order valence-electron chi connectivity index (χ2n) is 1.67. The van der Waals surface area contributed by atoms with Crippen LogP contribution in [-0.4, -0.2) is 11.4 Å². The van der Waals surface area contributed by atoms with Gasteiger partial charge in [-0.2, -0.15) is 0 Å². The average Bonchev–Trinajstić information content (AvgIpc) is 1.90. The lowest BCUT2D eigenvalue weighted by Crippen LogP contribution is -1.85. The molecule has 2 nitrogen and oxygen atoms in total. The van der Waals surface area contributed by atoms with Crippen molar-refractivity contribution in [3.05, 3.63) is 23.5 Å². The van der Waals surface area contributed by atoms with Gasteiger partial charge in [-0.15, -0.1) is 0 Å². The van der Waals surface area contributed by atoms with E-state index < -0.39 is 0 Å². The van der Waals surface area contributed by atoms with Crippen LogP contribution in [0.4, 0.5) is 0 Å². The van der Waals surface area contributed by atoms with E-state index in [2.05, 4.69) is 0 Å². The summed E-state index contributed by atoms with van der Waals surface area (Å²) < 4.78 is 0. The topological polar surface area (TPSA) is 37.3 Å². The fourth-order valence-corrected chi connectivity index (χ4v) is 0.463. The summed E-state index contributed by atoms with van der Waals surface area (Å²) in [5, 5.41) is 8.41. The van der Waals surface area contributed by atoms with Gasteiger partial charge in [0.05, 0.1) is 6.26 Å². The van der Waals surface area contributed by atoms with Crippen molar-refractivity contribution in [2.45, 2.75) is 13.8 Å². The molecular weight excluding hydrogens is 116 g/mol. The predicted octanol–water partition coefficient (Wildman–Crippen LogP) is 1.59. The molecule has 0 amide bonds. The highest BCUT2D eigenvalue weighted by molar-refractivity contribution is 5.79. The molecule has 0 spiro atoms. The highest BCUT2D eigenvalue weighted by atomic mass is 16.2. The van der Waals surface area contributed by atoms with Gasteiger partial charge in [0.2, 0.25) is 0 Å². The smallest absolute Gasteiger partial charge is 0.150 e. The Hall–Kier alpha value is -1.05. The minimum Gasteiger partial charge on any atom is -0.515 e. The Morgan fingerprint density at radius 3 is 2.22 bits per heavy atom. The standard InChI is InChI=1S/C7H10O2/c1-3-7(5-9)6(2)4-8/h3-5,8H,1-2H3/b6-4+,7-3+. The molecule has 0 bridgehead atoms. The third-order valence-electron chi connectivity index (χ3n) is 1.09. The average molecular weight is 126 g/mol. The minimum atomic E-state index is 0.525. The lowest BCUT2D eigenvalue weighted by atomic mass is 10.1. The molecule has 0 aliphatic rings. The molecule has 2 heteroatoms. The van der Waals surface area contributed by atoms with Gasteiger partial charge >= 0.3 is 0 Å². The van der Waals surface area contributed by atoms with Crippen LogP contribution in [0.1, 0.15) is 13.8 Å². The number of rotatable bonds is 2. The third-order valence-corrected chi connectivity index (χ3v) is 1.09. The molecule has 0 unspecified atom stereocenters. The summed E-state index contributed by atoms with van der Waals surface area (Å²) >= 11 is 0. The Bertz CT molecular complexity index is 154. The number of carbonyl (C=O) groups excluding carboxylic acids is 1. The van der Waals surface area contributed by atoms with Crippen molar-refractivity contribution < 1.29 is 9.90 Å². The molecule has 0 aromatic rings. The summed E-state index contributed by atoms with van der Waals surface area (Å²) in [5.74, 6) is 0. The molecule has 0 rings (SSSR count). The molecule has 0 aromatic carbocycles. The monoisotopic (exact) mass is 126 g/mol. The lowest BCUT2D eigenvalue weighted by molar-refractivity contribution is -0.104. The number of aldehydes is 1. The Morgan fingerprint density at radius 2 is 2.11 bits per heavy atom. The van der Waals surface area contributed by atoms with Crippen molar-refractivity contribution in [1.82, 2.24) is 0 Å². The van der Waals surface area contributed by atoms with E-state index >= 15 is 0 Å². The quantitative estimate of drug-likeness (QED) is 0.264. The van der Waals surface area contributed by atoms with Gasteiger partial charge in [-0.25, -0.2) is 0 Å². The molecule has 0 saturated carbocycles. The molecule has 0 radical (unpaired) electrons. The van der Waals surface area contributed by atoms with E-state index in [0.717, 1.165) is 6.26 Å². The number of hydrogen-bond donors (Lipinski definition) is 1. The fourth-order valence-electron chi connectivity index (χ4n) is 0.463. The Labute approximate surface area is 54.5 Å². The van der Waals surface area contributed by atoms with Gasteiger partial charge in [0.1, 0.15) is 6.29 Å².